The van der Waals surface area contributed by atoms with Gasteiger partial charge in [-0.1, -0.05) is 0 Å². The van der Waals surface area contributed by atoms with Gasteiger partial charge in [-0.2, -0.15) is 23.5 Å². The normalized spacial score (nSPS) is 17.5. The lowest BCUT2D eigenvalue weighted by Gasteiger charge is -2.18. The van der Waals surface area contributed by atoms with E-state index in [0.29, 0.717) is 6.42 Å². The maximum atomic E-state index is 11.5. The standard InChI is InChI=1S/C8H15NO3S.C8H13NO2S.H2O/c1-5(2)9-8(12)6(13-3)4-7(10)11;1-5(2)9-7(10)4-6(12-3)8(9)11;/h5-6H,4H2,1-3H3,(H,9,12)(H,10,11);5-6H,4H2,1-3H3;1H2. The molecular formula is C16H30N2O6S2. The van der Waals surface area contributed by atoms with Crippen molar-refractivity contribution in [2.24, 2.45) is 0 Å². The van der Waals surface area contributed by atoms with Crippen LogP contribution in [0.4, 0.5) is 0 Å². The summed E-state index contributed by atoms with van der Waals surface area (Å²) in [6, 6.07) is 0.0538. The predicted molar refractivity (Wildman–Crippen MR) is 105 cm³/mol. The maximum Gasteiger partial charge on any atom is 0.305 e. The summed E-state index contributed by atoms with van der Waals surface area (Å²) in [5, 5.41) is 10.6. The average molecular weight is 411 g/mol. The third-order valence-corrected chi connectivity index (χ3v) is 5.20. The summed E-state index contributed by atoms with van der Waals surface area (Å²) in [6.07, 6.45) is 3.84. The Morgan fingerprint density at radius 3 is 2.04 bits per heavy atom. The molecule has 1 aliphatic rings. The Morgan fingerprint density at radius 2 is 1.77 bits per heavy atom. The first-order chi connectivity index (χ1) is 11.5. The van der Waals surface area contributed by atoms with Crippen molar-refractivity contribution in [3.05, 3.63) is 0 Å². The van der Waals surface area contributed by atoms with Crippen molar-refractivity contribution in [3.8, 4) is 0 Å². The van der Waals surface area contributed by atoms with Gasteiger partial charge in [0.1, 0.15) is 0 Å². The van der Waals surface area contributed by atoms with Gasteiger partial charge in [-0.15, -0.1) is 0 Å². The fraction of sp³-hybridized carbons (Fsp3) is 0.750. The van der Waals surface area contributed by atoms with Crippen molar-refractivity contribution < 1.29 is 29.8 Å². The van der Waals surface area contributed by atoms with Crippen molar-refractivity contribution in [3.63, 3.8) is 0 Å². The van der Waals surface area contributed by atoms with Crippen LogP contribution in [0.3, 0.4) is 0 Å². The van der Waals surface area contributed by atoms with Crippen LogP contribution in [0.1, 0.15) is 40.5 Å². The highest BCUT2D eigenvalue weighted by Crippen LogP contribution is 2.24. The number of likely N-dealkylation sites (tertiary alicyclic amines) is 1. The predicted octanol–water partition coefficient (Wildman–Crippen LogP) is 0.778. The van der Waals surface area contributed by atoms with Crippen LogP contribution in [0, 0.1) is 0 Å². The molecule has 0 aromatic carbocycles. The van der Waals surface area contributed by atoms with Crippen molar-refractivity contribution in [1.29, 1.82) is 0 Å². The number of hydrogen-bond acceptors (Lipinski definition) is 6. The van der Waals surface area contributed by atoms with Gasteiger partial charge < -0.3 is 15.9 Å². The van der Waals surface area contributed by atoms with E-state index in [2.05, 4.69) is 5.32 Å². The Balaban J connectivity index is 0. The van der Waals surface area contributed by atoms with E-state index in [9.17, 15) is 19.2 Å². The second-order valence-corrected chi connectivity index (χ2v) is 8.19. The number of nitrogens with zero attached hydrogens (tertiary/aromatic N) is 1. The van der Waals surface area contributed by atoms with Crippen molar-refractivity contribution >= 4 is 47.2 Å². The number of amides is 3. The third-order valence-electron chi connectivity index (χ3n) is 3.31. The quantitative estimate of drug-likeness (QED) is 0.592. The van der Waals surface area contributed by atoms with E-state index in [-0.39, 0.29) is 47.0 Å². The molecule has 0 spiro atoms. The Hall–Kier alpha value is -1.26. The molecule has 1 rings (SSSR count). The molecule has 3 amide bonds. The summed E-state index contributed by atoms with van der Waals surface area (Å²) in [6.45, 7) is 7.41. The van der Waals surface area contributed by atoms with Crippen molar-refractivity contribution in [2.45, 2.75) is 63.1 Å². The number of carbonyl (C=O) groups excluding carboxylic acids is 3. The number of rotatable bonds is 7. The van der Waals surface area contributed by atoms with Crippen LogP contribution >= 0.6 is 23.5 Å². The Kier molecular flexibility index (Phi) is 13.5. The first kappa shape index (κ1) is 27.0. The van der Waals surface area contributed by atoms with Gasteiger partial charge >= 0.3 is 5.97 Å². The van der Waals surface area contributed by atoms with Gasteiger partial charge in [0.05, 0.1) is 16.9 Å². The van der Waals surface area contributed by atoms with Gasteiger partial charge in [0.25, 0.3) is 0 Å². The number of imide groups is 1. The zero-order valence-corrected chi connectivity index (χ0v) is 17.7. The van der Waals surface area contributed by atoms with Crippen LogP contribution in [-0.4, -0.2) is 74.3 Å². The highest BCUT2D eigenvalue weighted by atomic mass is 32.2. The SMILES string of the molecule is CSC(CC(=O)O)C(=O)NC(C)C.CSC1CC(=O)N(C(C)C)C1=O.O. The van der Waals surface area contributed by atoms with E-state index in [1.807, 2.05) is 34.0 Å². The lowest BCUT2D eigenvalue weighted by atomic mass is 10.2. The number of carboxylic acid groups (broad SMARTS) is 1. The molecule has 4 N–H and O–H groups in total. The smallest absolute Gasteiger partial charge is 0.305 e. The number of thioether (sulfide) groups is 2. The number of carbonyl (C=O) groups is 4. The molecule has 2 unspecified atom stereocenters. The van der Waals surface area contributed by atoms with E-state index >= 15 is 0 Å². The molecule has 1 aliphatic heterocycles. The molecule has 1 saturated heterocycles. The summed E-state index contributed by atoms with van der Waals surface area (Å²) >= 11 is 2.71. The second kappa shape index (κ2) is 13.0. The highest BCUT2D eigenvalue weighted by molar-refractivity contribution is 8.00. The number of nitrogens with one attached hydrogen (secondary N) is 1. The van der Waals surface area contributed by atoms with Gasteiger partial charge in [0.2, 0.25) is 17.7 Å². The van der Waals surface area contributed by atoms with Crippen molar-refractivity contribution in [2.75, 3.05) is 12.5 Å². The molecule has 8 nitrogen and oxygen atoms in total. The van der Waals surface area contributed by atoms with Crippen LogP contribution in [0.5, 0.6) is 0 Å². The molecule has 0 radical (unpaired) electrons. The summed E-state index contributed by atoms with van der Waals surface area (Å²) in [5.74, 6) is -1.21. The molecule has 0 aliphatic carbocycles. The lowest BCUT2D eigenvalue weighted by molar-refractivity contribution is -0.140. The van der Waals surface area contributed by atoms with E-state index in [0.717, 1.165) is 0 Å². The van der Waals surface area contributed by atoms with Crippen LogP contribution in [0.25, 0.3) is 0 Å². The zero-order chi connectivity index (χ0) is 19.7. The monoisotopic (exact) mass is 410 g/mol. The molecule has 1 heterocycles. The number of carboxylic acids is 1. The minimum Gasteiger partial charge on any atom is -0.481 e. The molecule has 0 aromatic rings. The molecule has 152 valence electrons. The van der Waals surface area contributed by atoms with Crippen LogP contribution < -0.4 is 5.32 Å². The average Bonchev–Trinajstić information content (AvgIpc) is 2.78. The van der Waals surface area contributed by atoms with Crippen molar-refractivity contribution in [1.82, 2.24) is 10.2 Å². The topological polar surface area (TPSA) is 135 Å². The van der Waals surface area contributed by atoms with Crippen LogP contribution in [0.2, 0.25) is 0 Å². The lowest BCUT2D eigenvalue weighted by Crippen LogP contribution is -2.38. The minimum atomic E-state index is -0.946. The molecular weight excluding hydrogens is 380 g/mol. The summed E-state index contributed by atoms with van der Waals surface area (Å²) in [4.78, 5) is 45.8. The number of aliphatic carboxylic acids is 1. The van der Waals surface area contributed by atoms with E-state index in [1.165, 1.54) is 28.4 Å². The summed E-state index contributed by atoms with van der Waals surface area (Å²) in [7, 11) is 0. The van der Waals surface area contributed by atoms with E-state index < -0.39 is 11.2 Å². The molecule has 0 aromatic heterocycles. The van der Waals surface area contributed by atoms with E-state index in [4.69, 9.17) is 5.11 Å². The highest BCUT2D eigenvalue weighted by Gasteiger charge is 2.39. The summed E-state index contributed by atoms with van der Waals surface area (Å²) < 4.78 is 0. The van der Waals surface area contributed by atoms with E-state index in [1.54, 1.807) is 6.26 Å². The van der Waals surface area contributed by atoms with Gasteiger partial charge in [-0.3, -0.25) is 24.1 Å². The van der Waals surface area contributed by atoms with Gasteiger partial charge in [-0.05, 0) is 40.2 Å². The largest absolute Gasteiger partial charge is 0.481 e. The maximum absolute atomic E-state index is 11.5. The minimum absolute atomic E-state index is 0. The Bertz CT molecular complexity index is 499. The molecule has 10 heteroatoms. The third kappa shape index (κ3) is 8.91. The zero-order valence-electron chi connectivity index (χ0n) is 16.1. The molecule has 0 bridgehead atoms. The molecule has 1 fully saturated rings. The fourth-order valence-electron chi connectivity index (χ4n) is 2.17. The molecule has 26 heavy (non-hydrogen) atoms. The van der Waals surface area contributed by atoms with Gasteiger partial charge in [0.15, 0.2) is 0 Å². The Morgan fingerprint density at radius 1 is 1.23 bits per heavy atom. The van der Waals surface area contributed by atoms with Gasteiger partial charge in [0, 0.05) is 18.5 Å². The number of hydrogen-bond donors (Lipinski definition) is 2. The van der Waals surface area contributed by atoms with Crippen LogP contribution in [0.15, 0.2) is 0 Å². The van der Waals surface area contributed by atoms with Crippen LogP contribution in [-0.2, 0) is 19.2 Å². The fourth-order valence-corrected chi connectivity index (χ4v) is 3.38. The van der Waals surface area contributed by atoms with Gasteiger partial charge in [-0.25, -0.2) is 0 Å². The first-order valence-electron chi connectivity index (χ1n) is 7.98. The first-order valence-corrected chi connectivity index (χ1v) is 10.6. The second-order valence-electron chi connectivity index (χ2n) is 6.11. The summed E-state index contributed by atoms with van der Waals surface area (Å²) in [5.41, 5.74) is 0. The molecule has 2 atom stereocenters. The Labute approximate surface area is 163 Å². The molecule has 0 saturated carbocycles.